The van der Waals surface area contributed by atoms with Gasteiger partial charge in [0, 0.05) is 26.2 Å². The molecule has 1 radical (unpaired) electrons. The van der Waals surface area contributed by atoms with Crippen LogP contribution < -0.4 is 0 Å². The van der Waals surface area contributed by atoms with E-state index in [1.54, 1.807) is 23.5 Å². The normalized spacial score (nSPS) is 11.2. The summed E-state index contributed by atoms with van der Waals surface area (Å²) in [6.45, 7) is 0. The van der Waals surface area contributed by atoms with Crippen LogP contribution in [0.2, 0.25) is 0 Å². The first-order valence-corrected chi connectivity index (χ1v) is 5.15. The average Bonchev–Trinajstić information content (AvgIpc) is 2.54. The summed E-state index contributed by atoms with van der Waals surface area (Å²) in [5.41, 5.74) is 0. The Labute approximate surface area is 84.6 Å². The SMILES string of the molecule is Fc1[c]cc2c(c1)sc1ccccc12. The number of hydrogen-bond donors (Lipinski definition) is 0. The summed E-state index contributed by atoms with van der Waals surface area (Å²) in [5.74, 6) is -0.288. The summed E-state index contributed by atoms with van der Waals surface area (Å²) in [5, 5.41) is 2.27. The minimum absolute atomic E-state index is 0.288. The lowest BCUT2D eigenvalue weighted by Gasteiger charge is -1.89. The highest BCUT2D eigenvalue weighted by atomic mass is 32.1. The molecule has 2 aromatic carbocycles. The third kappa shape index (κ3) is 1.04. The summed E-state index contributed by atoms with van der Waals surface area (Å²) < 4.78 is 15.1. The molecular weight excluding hydrogens is 195 g/mol. The Balaban J connectivity index is 2.57. The van der Waals surface area contributed by atoms with Gasteiger partial charge in [0.1, 0.15) is 5.82 Å². The summed E-state index contributed by atoms with van der Waals surface area (Å²) >= 11 is 1.62. The smallest absolute Gasteiger partial charge is 0.132 e. The molecule has 67 valence electrons. The second-order valence-electron chi connectivity index (χ2n) is 3.16. The largest absolute Gasteiger partial charge is 0.206 e. The van der Waals surface area contributed by atoms with Crippen molar-refractivity contribution < 1.29 is 4.39 Å². The van der Waals surface area contributed by atoms with Crippen LogP contribution in [-0.4, -0.2) is 0 Å². The number of hydrogen-bond acceptors (Lipinski definition) is 1. The third-order valence-electron chi connectivity index (χ3n) is 2.27. The number of thiophene rings is 1. The molecule has 0 aliphatic carbocycles. The van der Waals surface area contributed by atoms with Crippen LogP contribution in [0, 0.1) is 11.9 Å². The van der Waals surface area contributed by atoms with Gasteiger partial charge in [-0.15, -0.1) is 11.3 Å². The molecule has 14 heavy (non-hydrogen) atoms. The number of fused-ring (bicyclic) bond motifs is 3. The van der Waals surface area contributed by atoms with Gasteiger partial charge in [0.25, 0.3) is 0 Å². The Kier molecular flexibility index (Phi) is 1.58. The van der Waals surface area contributed by atoms with Crippen LogP contribution in [0.15, 0.2) is 36.4 Å². The van der Waals surface area contributed by atoms with E-state index in [-0.39, 0.29) is 5.82 Å². The van der Waals surface area contributed by atoms with E-state index in [4.69, 9.17) is 0 Å². The standard InChI is InChI=1S/C12H6FS/c13-8-5-6-10-9-3-1-2-4-11(9)14-12(10)7-8/h1-4,6-7H. The third-order valence-corrected chi connectivity index (χ3v) is 3.41. The molecule has 0 unspecified atom stereocenters. The second kappa shape index (κ2) is 2.79. The maximum atomic E-state index is 12.9. The molecule has 0 atom stereocenters. The van der Waals surface area contributed by atoms with Crippen LogP contribution in [0.25, 0.3) is 20.2 Å². The van der Waals surface area contributed by atoms with E-state index < -0.39 is 0 Å². The van der Waals surface area contributed by atoms with E-state index in [0.29, 0.717) is 0 Å². The zero-order valence-electron chi connectivity index (χ0n) is 7.25. The highest BCUT2D eigenvalue weighted by Gasteiger charge is 2.04. The first-order chi connectivity index (χ1) is 6.84. The van der Waals surface area contributed by atoms with Crippen molar-refractivity contribution in [2.75, 3.05) is 0 Å². The highest BCUT2D eigenvalue weighted by Crippen LogP contribution is 2.33. The van der Waals surface area contributed by atoms with Crippen LogP contribution in [0.3, 0.4) is 0 Å². The van der Waals surface area contributed by atoms with Gasteiger partial charge >= 0.3 is 0 Å². The Hall–Kier alpha value is -1.41. The summed E-state index contributed by atoms with van der Waals surface area (Å²) in [7, 11) is 0. The van der Waals surface area contributed by atoms with Gasteiger partial charge in [-0.25, -0.2) is 4.39 Å². The lowest BCUT2D eigenvalue weighted by atomic mass is 10.1. The molecule has 3 aromatic rings. The fraction of sp³-hybridized carbons (Fsp3) is 0. The lowest BCUT2D eigenvalue weighted by Crippen LogP contribution is -1.70. The number of benzene rings is 2. The van der Waals surface area contributed by atoms with Gasteiger partial charge < -0.3 is 0 Å². The molecule has 1 aromatic heterocycles. The van der Waals surface area contributed by atoms with E-state index in [2.05, 4.69) is 18.2 Å². The van der Waals surface area contributed by atoms with Crippen LogP contribution >= 0.6 is 11.3 Å². The zero-order valence-corrected chi connectivity index (χ0v) is 8.07. The number of halogens is 1. The highest BCUT2D eigenvalue weighted by molar-refractivity contribution is 7.25. The first-order valence-electron chi connectivity index (χ1n) is 4.33. The zero-order chi connectivity index (χ0) is 9.54. The maximum Gasteiger partial charge on any atom is 0.132 e. The molecule has 3 rings (SSSR count). The van der Waals surface area contributed by atoms with Crippen molar-refractivity contribution in [2.24, 2.45) is 0 Å². The van der Waals surface area contributed by atoms with Crippen molar-refractivity contribution in [1.82, 2.24) is 0 Å². The Bertz CT molecular complexity index is 610. The fourth-order valence-electron chi connectivity index (χ4n) is 1.64. The van der Waals surface area contributed by atoms with Crippen molar-refractivity contribution in [3.63, 3.8) is 0 Å². The number of rotatable bonds is 0. The molecule has 0 amide bonds. The maximum absolute atomic E-state index is 12.9. The molecule has 0 saturated heterocycles. The quantitative estimate of drug-likeness (QED) is 0.516. The van der Waals surface area contributed by atoms with Crippen LogP contribution in [-0.2, 0) is 0 Å². The van der Waals surface area contributed by atoms with Crippen LogP contribution in [0.1, 0.15) is 0 Å². The van der Waals surface area contributed by atoms with Gasteiger partial charge in [0.05, 0.1) is 0 Å². The van der Waals surface area contributed by atoms with Crippen molar-refractivity contribution in [3.05, 3.63) is 48.3 Å². The Morgan fingerprint density at radius 2 is 1.93 bits per heavy atom. The van der Waals surface area contributed by atoms with Crippen molar-refractivity contribution >= 4 is 31.5 Å². The first kappa shape index (κ1) is 7.94. The van der Waals surface area contributed by atoms with Crippen LogP contribution in [0.5, 0.6) is 0 Å². The molecule has 0 nitrogen and oxygen atoms in total. The molecular formula is C12H6FS. The van der Waals surface area contributed by atoms with Crippen molar-refractivity contribution in [1.29, 1.82) is 0 Å². The van der Waals surface area contributed by atoms with Crippen molar-refractivity contribution in [3.8, 4) is 0 Å². The fourth-order valence-corrected chi connectivity index (χ4v) is 2.75. The molecule has 0 fully saturated rings. The molecule has 0 saturated carbocycles. The van der Waals surface area contributed by atoms with E-state index in [0.717, 1.165) is 10.1 Å². The molecule has 1 heterocycles. The van der Waals surface area contributed by atoms with E-state index in [1.807, 2.05) is 12.1 Å². The molecule has 0 aliphatic rings. The molecule has 0 spiro atoms. The second-order valence-corrected chi connectivity index (χ2v) is 4.24. The summed E-state index contributed by atoms with van der Waals surface area (Å²) in [6.07, 6.45) is 0. The van der Waals surface area contributed by atoms with Gasteiger partial charge in [0.15, 0.2) is 0 Å². The lowest BCUT2D eigenvalue weighted by molar-refractivity contribution is 0.628. The average molecular weight is 201 g/mol. The minimum atomic E-state index is -0.288. The molecule has 0 aliphatic heterocycles. The van der Waals surface area contributed by atoms with Gasteiger partial charge in [0.2, 0.25) is 0 Å². The monoisotopic (exact) mass is 201 g/mol. The minimum Gasteiger partial charge on any atom is -0.206 e. The predicted octanol–water partition coefficient (Wildman–Crippen LogP) is 3.99. The van der Waals surface area contributed by atoms with Gasteiger partial charge in [-0.1, -0.05) is 18.2 Å². The topological polar surface area (TPSA) is 0 Å². The van der Waals surface area contributed by atoms with Gasteiger partial charge in [-0.3, -0.25) is 0 Å². The van der Waals surface area contributed by atoms with E-state index in [1.165, 1.54) is 10.1 Å². The Morgan fingerprint density at radius 3 is 2.86 bits per heavy atom. The predicted molar refractivity (Wildman–Crippen MR) is 58.1 cm³/mol. The van der Waals surface area contributed by atoms with E-state index in [9.17, 15) is 4.39 Å². The molecule has 0 N–H and O–H groups in total. The molecule has 0 bridgehead atoms. The Morgan fingerprint density at radius 1 is 1.07 bits per heavy atom. The van der Waals surface area contributed by atoms with Gasteiger partial charge in [-0.2, -0.15) is 0 Å². The van der Waals surface area contributed by atoms with Crippen molar-refractivity contribution in [2.45, 2.75) is 0 Å². The van der Waals surface area contributed by atoms with E-state index >= 15 is 0 Å². The molecule has 2 heteroatoms. The summed E-state index contributed by atoms with van der Waals surface area (Å²) in [4.78, 5) is 0. The summed E-state index contributed by atoms with van der Waals surface area (Å²) in [6, 6.07) is 14.0. The van der Waals surface area contributed by atoms with Crippen LogP contribution in [0.4, 0.5) is 4.39 Å². The van der Waals surface area contributed by atoms with Gasteiger partial charge in [-0.05, 0) is 18.2 Å².